The predicted molar refractivity (Wildman–Crippen MR) is 163 cm³/mol. The lowest BCUT2D eigenvalue weighted by Crippen LogP contribution is -2.07. The molecule has 0 N–H and O–H groups in total. The second kappa shape index (κ2) is 16.7. The molecule has 0 radical (unpaired) electrons. The average Bonchev–Trinajstić information content (AvgIpc) is 3.24. The lowest BCUT2D eigenvalue weighted by Gasteiger charge is -2.22. The third-order valence-electron chi connectivity index (χ3n) is 7.64. The number of fused-ring (bicyclic) bond motifs is 1. The second-order valence-electron chi connectivity index (χ2n) is 10.6. The van der Waals surface area contributed by atoms with E-state index in [4.69, 9.17) is 9.47 Å². The van der Waals surface area contributed by atoms with Crippen molar-refractivity contribution in [1.82, 2.24) is 0 Å². The minimum absolute atomic E-state index is 0.0843. The molecule has 2 aromatic carbocycles. The molecule has 0 amide bonds. The number of hydrogen-bond acceptors (Lipinski definition) is 4. The molecule has 0 saturated heterocycles. The fraction of sp³-hybridized carbons (Fsp3) is 0.559. The number of Topliss-reactive ketones (excluding diaryl/α,β-unsaturated/α-hetero) is 1. The largest absolute Gasteiger partial charge is 0.493 e. The van der Waals surface area contributed by atoms with E-state index in [-0.39, 0.29) is 5.78 Å². The van der Waals surface area contributed by atoms with E-state index in [9.17, 15) is 4.79 Å². The third-order valence-corrected chi connectivity index (χ3v) is 8.77. The van der Waals surface area contributed by atoms with Crippen LogP contribution in [0.25, 0.3) is 6.08 Å². The molecule has 208 valence electrons. The van der Waals surface area contributed by atoms with Crippen molar-refractivity contribution < 1.29 is 14.3 Å². The maximum absolute atomic E-state index is 13.5. The molecule has 0 saturated carbocycles. The molecule has 0 fully saturated rings. The van der Waals surface area contributed by atoms with Crippen LogP contribution in [0.15, 0.2) is 46.2 Å². The summed E-state index contributed by atoms with van der Waals surface area (Å²) < 4.78 is 11.8. The summed E-state index contributed by atoms with van der Waals surface area (Å²) in [5, 5.41) is 0. The van der Waals surface area contributed by atoms with E-state index in [0.29, 0.717) is 11.7 Å². The predicted octanol–water partition coefficient (Wildman–Crippen LogP) is 10.6. The Morgan fingerprint density at radius 3 is 1.95 bits per heavy atom. The van der Waals surface area contributed by atoms with Crippen molar-refractivity contribution in [2.75, 3.05) is 14.2 Å². The molecule has 0 aliphatic carbocycles. The molecule has 0 spiro atoms. The van der Waals surface area contributed by atoms with Crippen molar-refractivity contribution >= 4 is 23.6 Å². The Bertz CT molecular complexity index is 1030. The van der Waals surface area contributed by atoms with Gasteiger partial charge in [0.1, 0.15) is 0 Å². The van der Waals surface area contributed by atoms with Crippen LogP contribution >= 0.6 is 11.8 Å². The summed E-state index contributed by atoms with van der Waals surface area (Å²) in [7, 11) is 3.41. The van der Waals surface area contributed by atoms with Crippen LogP contribution in [0.1, 0.15) is 131 Å². The lowest BCUT2D eigenvalue weighted by molar-refractivity contribution is 0.104. The van der Waals surface area contributed by atoms with Crippen molar-refractivity contribution in [3.05, 3.63) is 58.0 Å². The number of thioether (sulfide) groups is 1. The maximum atomic E-state index is 13.5. The summed E-state index contributed by atoms with van der Waals surface area (Å²) in [6.45, 7) is 4.52. The zero-order valence-electron chi connectivity index (χ0n) is 24.2. The standard InChI is InChI=1S/C34H48O3S/c1-5-7-8-9-10-11-12-13-14-15-19-23-27(20-6-2)28-25-29-31(35)30(24-26-21-17-16-18-22-26)38-34(29)33(37-4)32(28)36-3/h16-18,21-22,24-25,27H,5-15,19-20,23H2,1-4H3. The van der Waals surface area contributed by atoms with E-state index in [2.05, 4.69) is 19.9 Å². The number of benzene rings is 2. The maximum Gasteiger partial charge on any atom is 0.201 e. The first-order valence-corrected chi connectivity index (χ1v) is 15.7. The highest BCUT2D eigenvalue weighted by molar-refractivity contribution is 8.05. The first-order valence-electron chi connectivity index (χ1n) is 14.9. The average molecular weight is 537 g/mol. The number of unbranched alkanes of at least 4 members (excludes halogenated alkanes) is 10. The first kappa shape index (κ1) is 30.3. The SMILES string of the molecule is CCCCCCCCCCCCCC(CCC)c1cc2c(c(OC)c1OC)SC(=Cc1ccccc1)C2=O. The van der Waals surface area contributed by atoms with Gasteiger partial charge in [-0.3, -0.25) is 4.79 Å². The molecule has 38 heavy (non-hydrogen) atoms. The summed E-state index contributed by atoms with van der Waals surface area (Å²) in [5.41, 5.74) is 2.92. The van der Waals surface area contributed by atoms with E-state index >= 15 is 0 Å². The van der Waals surface area contributed by atoms with Crippen molar-refractivity contribution in [1.29, 1.82) is 0 Å². The third kappa shape index (κ3) is 8.40. The summed E-state index contributed by atoms with van der Waals surface area (Å²) in [4.78, 5) is 15.1. The number of rotatable bonds is 18. The molecule has 0 aromatic heterocycles. The Kier molecular flexibility index (Phi) is 13.3. The van der Waals surface area contributed by atoms with Crippen molar-refractivity contribution in [3.8, 4) is 11.5 Å². The quantitative estimate of drug-likeness (QED) is 0.140. The summed E-state index contributed by atoms with van der Waals surface area (Å²) in [6.07, 6.45) is 20.1. The van der Waals surface area contributed by atoms with Crippen molar-refractivity contribution in [2.45, 2.75) is 115 Å². The summed E-state index contributed by atoms with van der Waals surface area (Å²) >= 11 is 1.50. The van der Waals surface area contributed by atoms with Gasteiger partial charge in [-0.1, -0.05) is 133 Å². The van der Waals surface area contributed by atoms with E-state index in [1.807, 2.05) is 36.4 Å². The van der Waals surface area contributed by atoms with Crippen molar-refractivity contribution in [2.24, 2.45) is 0 Å². The smallest absolute Gasteiger partial charge is 0.201 e. The molecule has 1 atom stereocenters. The molecule has 0 bridgehead atoms. The lowest BCUT2D eigenvalue weighted by atomic mass is 9.86. The Labute approximate surface area is 235 Å². The van der Waals surface area contributed by atoms with Gasteiger partial charge in [0.15, 0.2) is 11.5 Å². The first-order chi connectivity index (χ1) is 18.6. The number of carbonyl (C=O) groups excluding carboxylic acids is 1. The minimum atomic E-state index is 0.0843. The van der Waals surface area contributed by atoms with Crippen LogP contribution in [0.2, 0.25) is 0 Å². The number of hydrogen-bond donors (Lipinski definition) is 0. The molecule has 1 heterocycles. The Balaban J connectivity index is 1.66. The highest BCUT2D eigenvalue weighted by Crippen LogP contribution is 2.53. The van der Waals surface area contributed by atoms with E-state index in [1.54, 1.807) is 14.2 Å². The number of ketones is 1. The molecule has 3 nitrogen and oxygen atoms in total. The summed E-state index contributed by atoms with van der Waals surface area (Å²) in [5.74, 6) is 1.96. The van der Waals surface area contributed by atoms with Gasteiger partial charge in [0.2, 0.25) is 5.78 Å². The van der Waals surface area contributed by atoms with Gasteiger partial charge in [-0.25, -0.2) is 0 Å². The van der Waals surface area contributed by atoms with Gasteiger partial charge in [-0.15, -0.1) is 0 Å². The number of ether oxygens (including phenoxy) is 2. The topological polar surface area (TPSA) is 35.5 Å². The normalized spacial score (nSPS) is 14.6. The van der Waals surface area contributed by atoms with E-state index in [1.165, 1.54) is 82.4 Å². The van der Waals surface area contributed by atoms with Gasteiger partial charge in [0.25, 0.3) is 0 Å². The van der Waals surface area contributed by atoms with Gasteiger partial charge in [0, 0.05) is 11.1 Å². The highest BCUT2D eigenvalue weighted by Gasteiger charge is 2.34. The number of carbonyl (C=O) groups is 1. The van der Waals surface area contributed by atoms with Crippen LogP contribution in [-0.2, 0) is 0 Å². The van der Waals surface area contributed by atoms with Crippen LogP contribution < -0.4 is 9.47 Å². The molecule has 3 rings (SSSR count). The zero-order chi connectivity index (χ0) is 27.2. The van der Waals surface area contributed by atoms with Gasteiger partial charge >= 0.3 is 0 Å². The monoisotopic (exact) mass is 536 g/mol. The molecule has 1 aliphatic heterocycles. The zero-order valence-corrected chi connectivity index (χ0v) is 25.0. The second-order valence-corrected chi connectivity index (χ2v) is 11.6. The Morgan fingerprint density at radius 1 is 0.763 bits per heavy atom. The highest BCUT2D eigenvalue weighted by atomic mass is 32.2. The van der Waals surface area contributed by atoms with Gasteiger partial charge in [-0.05, 0) is 36.5 Å². The van der Waals surface area contributed by atoms with Crippen LogP contribution in [0, 0.1) is 0 Å². The Morgan fingerprint density at radius 2 is 1.37 bits per heavy atom. The van der Waals surface area contributed by atoms with Crippen LogP contribution in [0.3, 0.4) is 0 Å². The van der Waals surface area contributed by atoms with Gasteiger partial charge < -0.3 is 9.47 Å². The molecule has 2 aromatic rings. The molecule has 4 heteroatoms. The van der Waals surface area contributed by atoms with Crippen LogP contribution in [0.5, 0.6) is 11.5 Å². The number of methoxy groups -OCH3 is 2. The fourth-order valence-electron chi connectivity index (χ4n) is 5.56. The van der Waals surface area contributed by atoms with Crippen LogP contribution in [0.4, 0.5) is 0 Å². The minimum Gasteiger partial charge on any atom is -0.493 e. The molecule has 1 aliphatic rings. The van der Waals surface area contributed by atoms with Gasteiger partial charge in [-0.2, -0.15) is 0 Å². The molecule has 1 unspecified atom stereocenters. The molecular weight excluding hydrogens is 488 g/mol. The van der Waals surface area contributed by atoms with Crippen LogP contribution in [-0.4, -0.2) is 20.0 Å². The molecular formula is C34H48O3S. The van der Waals surface area contributed by atoms with E-state index < -0.39 is 0 Å². The van der Waals surface area contributed by atoms with Gasteiger partial charge in [0.05, 0.1) is 24.0 Å². The fourth-order valence-corrected chi connectivity index (χ4v) is 6.70. The van der Waals surface area contributed by atoms with Crippen molar-refractivity contribution in [3.63, 3.8) is 0 Å². The summed E-state index contributed by atoms with van der Waals surface area (Å²) in [6, 6.07) is 12.1. The Hall–Kier alpha value is -2.20. The van der Waals surface area contributed by atoms with E-state index in [0.717, 1.165) is 51.5 Å². The number of allylic oxidation sites excluding steroid dienone is 1.